The molecule has 0 aromatic heterocycles. The summed E-state index contributed by atoms with van der Waals surface area (Å²) < 4.78 is 5.00. The van der Waals surface area contributed by atoms with Crippen LogP contribution in [0.5, 0.6) is 5.75 Å². The monoisotopic (exact) mass is 323 g/mol. The number of hydrogen-bond donors (Lipinski definition) is 1. The molecule has 108 valence electrons. The Kier molecular flexibility index (Phi) is 4.83. The van der Waals surface area contributed by atoms with Gasteiger partial charge in [-0.3, -0.25) is 9.59 Å². The normalized spacial score (nSPS) is 10.0. The summed E-state index contributed by atoms with van der Waals surface area (Å²) in [5.41, 5.74) is 0.607. The Morgan fingerprint density at radius 1 is 1.10 bits per heavy atom. The number of carbonyl (C=O) groups excluding carboxylic acids is 2. The number of benzene rings is 2. The maximum absolute atomic E-state index is 12.3. The van der Waals surface area contributed by atoms with Crippen molar-refractivity contribution in [2.45, 2.75) is 6.92 Å². The molecule has 0 aliphatic carbocycles. The maximum Gasteiger partial charge on any atom is 0.308 e. The van der Waals surface area contributed by atoms with Crippen LogP contribution in [0.1, 0.15) is 17.3 Å². The Morgan fingerprint density at radius 3 is 2.52 bits per heavy atom. The predicted octanol–water partition coefficient (Wildman–Crippen LogP) is 4.17. The molecule has 0 bridgehead atoms. The summed E-state index contributed by atoms with van der Waals surface area (Å²) in [5, 5.41) is 3.44. The standard InChI is InChI=1S/C15H11Cl2NO3/c1-9(19)21-14-5-3-2-4-11(14)15(20)18-13-8-10(16)6-7-12(13)17/h2-8H,1H3,(H,18,20). The lowest BCUT2D eigenvalue weighted by molar-refractivity contribution is -0.131. The third-order valence-electron chi connectivity index (χ3n) is 2.56. The van der Waals surface area contributed by atoms with E-state index < -0.39 is 11.9 Å². The second-order valence-corrected chi connectivity index (χ2v) is 5.01. The summed E-state index contributed by atoms with van der Waals surface area (Å²) in [6, 6.07) is 11.2. The highest BCUT2D eigenvalue weighted by Gasteiger charge is 2.15. The van der Waals surface area contributed by atoms with Gasteiger partial charge in [0.15, 0.2) is 0 Å². The largest absolute Gasteiger partial charge is 0.426 e. The molecule has 0 atom stereocenters. The van der Waals surface area contributed by atoms with Crippen LogP contribution in [-0.2, 0) is 4.79 Å². The number of halogens is 2. The van der Waals surface area contributed by atoms with Crippen LogP contribution in [-0.4, -0.2) is 11.9 Å². The average Bonchev–Trinajstić information content (AvgIpc) is 2.42. The van der Waals surface area contributed by atoms with Gasteiger partial charge in [0.25, 0.3) is 5.91 Å². The van der Waals surface area contributed by atoms with E-state index in [1.165, 1.54) is 19.1 Å². The minimum atomic E-state index is -0.504. The summed E-state index contributed by atoms with van der Waals surface area (Å²) in [6.07, 6.45) is 0. The van der Waals surface area contributed by atoms with Gasteiger partial charge in [0.1, 0.15) is 5.75 Å². The van der Waals surface area contributed by atoms with Crippen molar-refractivity contribution in [3.63, 3.8) is 0 Å². The van der Waals surface area contributed by atoms with Crippen LogP contribution < -0.4 is 10.1 Å². The molecule has 1 N–H and O–H groups in total. The topological polar surface area (TPSA) is 55.4 Å². The lowest BCUT2D eigenvalue weighted by atomic mass is 10.2. The quantitative estimate of drug-likeness (QED) is 0.681. The Hall–Kier alpha value is -2.04. The highest BCUT2D eigenvalue weighted by molar-refractivity contribution is 6.35. The highest BCUT2D eigenvalue weighted by Crippen LogP contribution is 2.27. The molecule has 2 aromatic rings. The molecule has 21 heavy (non-hydrogen) atoms. The Balaban J connectivity index is 2.28. The lowest BCUT2D eigenvalue weighted by Crippen LogP contribution is -2.15. The smallest absolute Gasteiger partial charge is 0.308 e. The molecule has 0 aliphatic heterocycles. The van der Waals surface area contributed by atoms with Gasteiger partial charge in [-0.1, -0.05) is 35.3 Å². The number of rotatable bonds is 3. The number of amides is 1. The molecule has 2 rings (SSSR count). The van der Waals surface area contributed by atoms with E-state index in [4.69, 9.17) is 27.9 Å². The fourth-order valence-electron chi connectivity index (χ4n) is 1.68. The van der Waals surface area contributed by atoms with Crippen LogP contribution in [0.15, 0.2) is 42.5 Å². The summed E-state index contributed by atoms with van der Waals surface area (Å²) in [7, 11) is 0. The van der Waals surface area contributed by atoms with E-state index in [1.807, 2.05) is 0 Å². The summed E-state index contributed by atoms with van der Waals surface area (Å²) in [5.74, 6) is -0.771. The molecule has 2 aromatic carbocycles. The molecule has 0 unspecified atom stereocenters. The van der Waals surface area contributed by atoms with Crippen molar-refractivity contribution >= 4 is 40.8 Å². The van der Waals surface area contributed by atoms with Crippen molar-refractivity contribution < 1.29 is 14.3 Å². The number of esters is 1. The minimum absolute atomic E-state index is 0.181. The van der Waals surface area contributed by atoms with Crippen LogP contribution in [0, 0.1) is 0 Å². The molecule has 0 radical (unpaired) electrons. The molecular formula is C15H11Cl2NO3. The van der Waals surface area contributed by atoms with E-state index in [1.54, 1.807) is 30.3 Å². The average molecular weight is 324 g/mol. The molecule has 6 heteroatoms. The zero-order chi connectivity index (χ0) is 15.4. The number of hydrogen-bond acceptors (Lipinski definition) is 3. The van der Waals surface area contributed by atoms with Crippen molar-refractivity contribution in [1.82, 2.24) is 0 Å². The lowest BCUT2D eigenvalue weighted by Gasteiger charge is -2.10. The molecule has 0 saturated carbocycles. The van der Waals surface area contributed by atoms with Gasteiger partial charge in [-0.25, -0.2) is 0 Å². The Labute approximate surface area is 131 Å². The number of carbonyl (C=O) groups is 2. The van der Waals surface area contributed by atoms with Crippen molar-refractivity contribution in [3.05, 3.63) is 58.1 Å². The van der Waals surface area contributed by atoms with Crippen LogP contribution >= 0.6 is 23.2 Å². The van der Waals surface area contributed by atoms with Gasteiger partial charge < -0.3 is 10.1 Å². The molecule has 0 saturated heterocycles. The summed E-state index contributed by atoms with van der Waals surface area (Å²) >= 11 is 11.9. The van der Waals surface area contributed by atoms with Gasteiger partial charge in [-0.15, -0.1) is 0 Å². The second-order valence-electron chi connectivity index (χ2n) is 4.17. The van der Waals surface area contributed by atoms with Gasteiger partial charge in [0, 0.05) is 11.9 Å². The SMILES string of the molecule is CC(=O)Oc1ccccc1C(=O)Nc1cc(Cl)ccc1Cl. The first-order chi connectivity index (χ1) is 9.97. The maximum atomic E-state index is 12.3. The first-order valence-corrected chi connectivity index (χ1v) is 6.77. The number of anilines is 1. The summed E-state index contributed by atoms with van der Waals surface area (Å²) in [6.45, 7) is 1.27. The second kappa shape index (κ2) is 6.61. The van der Waals surface area contributed by atoms with E-state index in [-0.39, 0.29) is 11.3 Å². The zero-order valence-electron chi connectivity index (χ0n) is 11.0. The molecule has 0 aliphatic rings. The van der Waals surface area contributed by atoms with Crippen LogP contribution in [0.3, 0.4) is 0 Å². The van der Waals surface area contributed by atoms with Crippen LogP contribution in [0.2, 0.25) is 10.0 Å². The number of para-hydroxylation sites is 1. The first kappa shape index (κ1) is 15.4. The van der Waals surface area contributed by atoms with E-state index in [0.717, 1.165) is 0 Å². The Morgan fingerprint density at radius 2 is 1.81 bits per heavy atom. The molecule has 0 fully saturated rings. The molecular weight excluding hydrogens is 313 g/mol. The fraction of sp³-hybridized carbons (Fsp3) is 0.0667. The zero-order valence-corrected chi connectivity index (χ0v) is 12.5. The van der Waals surface area contributed by atoms with E-state index in [9.17, 15) is 9.59 Å². The number of ether oxygens (including phenoxy) is 1. The number of nitrogens with one attached hydrogen (secondary N) is 1. The highest BCUT2D eigenvalue weighted by atomic mass is 35.5. The van der Waals surface area contributed by atoms with Gasteiger partial charge >= 0.3 is 5.97 Å². The molecule has 0 heterocycles. The van der Waals surface area contributed by atoms with Crippen molar-refractivity contribution in [2.75, 3.05) is 5.32 Å². The van der Waals surface area contributed by atoms with Crippen molar-refractivity contribution in [3.8, 4) is 5.75 Å². The van der Waals surface area contributed by atoms with Crippen molar-refractivity contribution in [1.29, 1.82) is 0 Å². The van der Waals surface area contributed by atoms with Gasteiger partial charge in [0.2, 0.25) is 0 Å². The third kappa shape index (κ3) is 3.97. The summed E-state index contributed by atoms with van der Waals surface area (Å²) in [4.78, 5) is 23.3. The molecule has 1 amide bonds. The predicted molar refractivity (Wildman–Crippen MR) is 82.2 cm³/mol. The fourth-order valence-corrected chi connectivity index (χ4v) is 2.02. The Bertz CT molecular complexity index is 701. The van der Waals surface area contributed by atoms with E-state index in [2.05, 4.69) is 5.32 Å². The van der Waals surface area contributed by atoms with Gasteiger partial charge in [0.05, 0.1) is 16.3 Å². The minimum Gasteiger partial charge on any atom is -0.426 e. The third-order valence-corrected chi connectivity index (χ3v) is 3.13. The molecule has 4 nitrogen and oxygen atoms in total. The van der Waals surface area contributed by atoms with Crippen LogP contribution in [0.25, 0.3) is 0 Å². The van der Waals surface area contributed by atoms with E-state index in [0.29, 0.717) is 15.7 Å². The van der Waals surface area contributed by atoms with Crippen molar-refractivity contribution in [2.24, 2.45) is 0 Å². The molecule has 0 spiro atoms. The van der Waals surface area contributed by atoms with Gasteiger partial charge in [-0.05, 0) is 30.3 Å². The van der Waals surface area contributed by atoms with E-state index >= 15 is 0 Å². The van der Waals surface area contributed by atoms with Gasteiger partial charge in [-0.2, -0.15) is 0 Å². The van der Waals surface area contributed by atoms with Crippen LogP contribution in [0.4, 0.5) is 5.69 Å². The first-order valence-electron chi connectivity index (χ1n) is 6.01.